The Morgan fingerprint density at radius 3 is 1.06 bits per heavy atom. The molecule has 6 nitrogen and oxygen atoms in total. The van der Waals surface area contributed by atoms with Gasteiger partial charge in [-0.3, -0.25) is 9.59 Å². The van der Waals surface area contributed by atoms with E-state index in [4.69, 9.17) is 4.74 Å². The van der Waals surface area contributed by atoms with Crippen LogP contribution in [0.2, 0.25) is 0 Å². The molecule has 0 aromatic rings. The van der Waals surface area contributed by atoms with Crippen LogP contribution in [0.5, 0.6) is 0 Å². The maximum Gasteiger partial charge on any atom is 0.305 e. The van der Waals surface area contributed by atoms with Crippen LogP contribution in [0.3, 0.4) is 0 Å². The van der Waals surface area contributed by atoms with Gasteiger partial charge in [-0.1, -0.05) is 282 Å². The molecule has 0 saturated heterocycles. The molecule has 2 unspecified atom stereocenters. The molecule has 0 heterocycles. The third kappa shape index (κ3) is 53.5. The van der Waals surface area contributed by atoms with E-state index in [2.05, 4.69) is 31.3 Å². The van der Waals surface area contributed by atoms with Crippen molar-refractivity contribution in [2.24, 2.45) is 0 Å². The molecule has 0 aliphatic rings. The van der Waals surface area contributed by atoms with Crippen LogP contribution < -0.4 is 5.32 Å². The van der Waals surface area contributed by atoms with E-state index < -0.39 is 12.1 Å². The van der Waals surface area contributed by atoms with Crippen molar-refractivity contribution in [1.82, 2.24) is 5.32 Å². The van der Waals surface area contributed by atoms with Crippen LogP contribution in [0.4, 0.5) is 0 Å². The normalized spacial score (nSPS) is 12.7. The van der Waals surface area contributed by atoms with Crippen molar-refractivity contribution in [2.45, 2.75) is 341 Å². The minimum atomic E-state index is -0.855. The molecule has 0 radical (unpaired) electrons. The highest BCUT2D eigenvalue weighted by molar-refractivity contribution is 5.76. The van der Waals surface area contributed by atoms with E-state index in [0.29, 0.717) is 19.4 Å². The van der Waals surface area contributed by atoms with Gasteiger partial charge >= 0.3 is 5.97 Å². The molecule has 396 valence electrons. The Kier molecular flexibility index (Phi) is 55.5. The number of hydrogen-bond donors (Lipinski definition) is 3. The lowest BCUT2D eigenvalue weighted by molar-refractivity contribution is -0.143. The van der Waals surface area contributed by atoms with Gasteiger partial charge < -0.3 is 20.3 Å². The lowest BCUT2D eigenvalue weighted by atomic mass is 10.0. The zero-order chi connectivity index (χ0) is 48.6. The van der Waals surface area contributed by atoms with E-state index >= 15 is 0 Å². The lowest BCUT2D eigenvalue weighted by Crippen LogP contribution is -2.45. The van der Waals surface area contributed by atoms with Crippen molar-refractivity contribution in [2.75, 3.05) is 13.2 Å². The summed E-state index contributed by atoms with van der Waals surface area (Å²) >= 11 is 0. The molecule has 0 aliphatic heterocycles. The largest absolute Gasteiger partial charge is 0.466 e. The van der Waals surface area contributed by atoms with Gasteiger partial charge in [0.15, 0.2) is 0 Å². The van der Waals surface area contributed by atoms with Crippen molar-refractivity contribution in [1.29, 1.82) is 0 Å². The van der Waals surface area contributed by atoms with E-state index in [1.165, 1.54) is 238 Å². The number of nitrogens with one attached hydrogen (secondary N) is 1. The summed E-state index contributed by atoms with van der Waals surface area (Å²) in [7, 11) is 0. The first-order valence-corrected chi connectivity index (χ1v) is 30.1. The fraction of sp³-hybridized carbons (Fsp3) is 0.902. The Morgan fingerprint density at radius 2 is 0.701 bits per heavy atom. The van der Waals surface area contributed by atoms with Crippen LogP contribution >= 0.6 is 0 Å². The lowest BCUT2D eigenvalue weighted by Gasteiger charge is -2.20. The minimum Gasteiger partial charge on any atom is -0.466 e. The first kappa shape index (κ1) is 65.3. The highest BCUT2D eigenvalue weighted by Crippen LogP contribution is 2.17. The van der Waals surface area contributed by atoms with Crippen molar-refractivity contribution in [3.8, 4) is 0 Å². The summed E-state index contributed by atoms with van der Waals surface area (Å²) < 4.78 is 5.47. The average Bonchev–Trinajstić information content (AvgIpc) is 3.33. The summed E-state index contributed by atoms with van der Waals surface area (Å²) in [5, 5.41) is 23.2. The number of allylic oxidation sites excluding steroid dienone is 3. The number of esters is 1. The Balaban J connectivity index is 3.49. The van der Waals surface area contributed by atoms with Crippen LogP contribution in [0.1, 0.15) is 328 Å². The van der Waals surface area contributed by atoms with Gasteiger partial charge in [0.2, 0.25) is 5.91 Å². The fourth-order valence-electron chi connectivity index (χ4n) is 9.34. The first-order chi connectivity index (χ1) is 33.0. The molecule has 0 rings (SSSR count). The second kappa shape index (κ2) is 56.9. The van der Waals surface area contributed by atoms with Crippen molar-refractivity contribution in [3.63, 3.8) is 0 Å². The van der Waals surface area contributed by atoms with Crippen LogP contribution in [-0.2, 0) is 14.3 Å². The molecular formula is C61H117NO5. The van der Waals surface area contributed by atoms with Crippen LogP contribution in [0, 0.1) is 0 Å². The molecule has 2 atom stereocenters. The van der Waals surface area contributed by atoms with Gasteiger partial charge in [-0.15, -0.1) is 0 Å². The quantitative estimate of drug-likeness (QED) is 0.0321. The Morgan fingerprint density at radius 1 is 0.403 bits per heavy atom. The molecule has 67 heavy (non-hydrogen) atoms. The minimum absolute atomic E-state index is 0.00117. The molecule has 0 aliphatic carbocycles. The number of aliphatic hydroxyl groups excluding tert-OH is 2. The van der Waals surface area contributed by atoms with Gasteiger partial charge in [-0.05, 0) is 57.8 Å². The standard InChI is InChI=1S/C61H117NO5/c1-3-5-7-9-11-13-15-17-19-20-21-22-23-26-29-33-37-41-45-49-53-59(64)58(57-63)62-60(65)54-50-46-42-38-34-30-27-24-25-28-32-36-40-44-48-52-56-67-61(66)55-51-47-43-39-35-31-18-16-14-12-10-8-6-4-2/h24,27,49,53,58-59,63-64H,3-23,25-26,28-48,50-52,54-57H2,1-2H3,(H,62,65)/b27-24-,53-49+. The molecular weight excluding hydrogens is 827 g/mol. The highest BCUT2D eigenvalue weighted by Gasteiger charge is 2.18. The van der Waals surface area contributed by atoms with Gasteiger partial charge in [0.25, 0.3) is 0 Å². The van der Waals surface area contributed by atoms with Gasteiger partial charge in [0.1, 0.15) is 0 Å². The summed E-state index contributed by atoms with van der Waals surface area (Å²) in [4.78, 5) is 24.5. The molecule has 1 amide bonds. The van der Waals surface area contributed by atoms with Crippen molar-refractivity contribution in [3.05, 3.63) is 24.3 Å². The monoisotopic (exact) mass is 944 g/mol. The second-order valence-electron chi connectivity index (χ2n) is 20.7. The summed E-state index contributed by atoms with van der Waals surface area (Å²) in [6.07, 6.45) is 69.2. The number of carbonyl (C=O) groups is 2. The molecule has 0 spiro atoms. The van der Waals surface area contributed by atoms with Gasteiger partial charge in [0.05, 0.1) is 25.4 Å². The van der Waals surface area contributed by atoms with E-state index in [9.17, 15) is 19.8 Å². The fourth-order valence-corrected chi connectivity index (χ4v) is 9.34. The zero-order valence-corrected chi connectivity index (χ0v) is 45.1. The van der Waals surface area contributed by atoms with Crippen molar-refractivity contribution >= 4 is 11.9 Å². The molecule has 6 heteroatoms. The van der Waals surface area contributed by atoms with Gasteiger partial charge in [-0.2, -0.15) is 0 Å². The van der Waals surface area contributed by atoms with Gasteiger partial charge in [-0.25, -0.2) is 0 Å². The van der Waals surface area contributed by atoms with E-state index in [-0.39, 0.29) is 18.5 Å². The number of unbranched alkanes of at least 4 members (excludes halogenated alkanes) is 43. The first-order valence-electron chi connectivity index (χ1n) is 30.1. The third-order valence-electron chi connectivity index (χ3n) is 14.0. The maximum atomic E-state index is 12.5. The molecule has 0 fully saturated rings. The number of ether oxygens (including phenoxy) is 1. The Hall–Kier alpha value is -1.66. The smallest absolute Gasteiger partial charge is 0.305 e. The summed E-state index contributed by atoms with van der Waals surface area (Å²) in [5.74, 6) is -0.0835. The molecule has 0 aromatic carbocycles. The predicted molar refractivity (Wildman–Crippen MR) is 292 cm³/mol. The number of aliphatic hydroxyl groups is 2. The number of rotatable bonds is 56. The molecule has 0 bridgehead atoms. The summed E-state index contributed by atoms with van der Waals surface area (Å²) in [6.45, 7) is 4.90. The average molecular weight is 945 g/mol. The number of amides is 1. The topological polar surface area (TPSA) is 95.9 Å². The molecule has 0 aromatic heterocycles. The van der Waals surface area contributed by atoms with Crippen molar-refractivity contribution < 1.29 is 24.5 Å². The predicted octanol–water partition coefficient (Wildman–Crippen LogP) is 18.6. The molecule has 0 saturated carbocycles. The zero-order valence-electron chi connectivity index (χ0n) is 45.1. The Labute approximate surface area is 418 Å². The maximum absolute atomic E-state index is 12.5. The summed E-state index contributed by atoms with van der Waals surface area (Å²) in [5.41, 5.74) is 0. The van der Waals surface area contributed by atoms with E-state index in [1.54, 1.807) is 6.08 Å². The molecule has 3 N–H and O–H groups in total. The van der Waals surface area contributed by atoms with E-state index in [1.807, 2.05) is 6.08 Å². The van der Waals surface area contributed by atoms with Crippen LogP contribution in [0.25, 0.3) is 0 Å². The summed E-state index contributed by atoms with van der Waals surface area (Å²) in [6, 6.07) is -0.640. The SMILES string of the molecule is CCCCCCCCCCCCCCCCCCCC/C=C/C(O)C(CO)NC(=O)CCCCCCC/C=C\CCCCCCCCCOC(=O)CCCCCCCCCCCCCCCC. The Bertz CT molecular complexity index is 1040. The second-order valence-corrected chi connectivity index (χ2v) is 20.7. The van der Waals surface area contributed by atoms with Gasteiger partial charge in [0, 0.05) is 12.8 Å². The van der Waals surface area contributed by atoms with Crippen LogP contribution in [-0.4, -0.2) is 47.4 Å². The number of carbonyl (C=O) groups excluding carboxylic acids is 2. The van der Waals surface area contributed by atoms with E-state index in [0.717, 1.165) is 64.2 Å². The third-order valence-corrected chi connectivity index (χ3v) is 14.0. The highest BCUT2D eigenvalue weighted by atomic mass is 16.5. The van der Waals surface area contributed by atoms with Crippen LogP contribution in [0.15, 0.2) is 24.3 Å². The number of hydrogen-bond acceptors (Lipinski definition) is 5.